The Morgan fingerprint density at radius 3 is 2.71 bits per heavy atom. The first kappa shape index (κ1) is 16.3. The fourth-order valence-corrected chi connectivity index (χ4v) is 3.71. The number of amides is 1. The zero-order chi connectivity index (χ0) is 17.1. The first-order valence-electron chi connectivity index (χ1n) is 7.29. The van der Waals surface area contributed by atoms with Crippen molar-refractivity contribution in [2.75, 3.05) is 5.32 Å². The number of thiocarbonyl (C=S) groups is 1. The quantitative estimate of drug-likeness (QED) is 0.501. The van der Waals surface area contributed by atoms with Crippen molar-refractivity contribution in [1.29, 1.82) is 0 Å². The third-order valence-electron chi connectivity index (χ3n) is 3.80. The highest BCUT2D eigenvalue weighted by molar-refractivity contribution is 7.80. The lowest BCUT2D eigenvalue weighted by Crippen LogP contribution is -2.36. The van der Waals surface area contributed by atoms with Gasteiger partial charge in [-0.25, -0.2) is 0 Å². The van der Waals surface area contributed by atoms with E-state index >= 15 is 0 Å². The third-order valence-corrected chi connectivity index (χ3v) is 4.82. The van der Waals surface area contributed by atoms with Gasteiger partial charge in [0.1, 0.15) is 4.99 Å². The fraction of sp³-hybridized carbons (Fsp3) is 0.111. The van der Waals surface area contributed by atoms with Gasteiger partial charge in [0.2, 0.25) is 0 Å². The van der Waals surface area contributed by atoms with E-state index < -0.39 is 5.92 Å². The SMILES string of the molecule is CC1=C(C(=O)Nc2ccccc2)C(c2ccsc2)C(=C=[N-])C(=S)N1. The van der Waals surface area contributed by atoms with Gasteiger partial charge in [-0.15, -0.1) is 0 Å². The molecule has 0 fully saturated rings. The molecule has 0 saturated heterocycles. The van der Waals surface area contributed by atoms with Gasteiger partial charge in [-0.1, -0.05) is 30.4 Å². The van der Waals surface area contributed by atoms with Gasteiger partial charge in [0.15, 0.2) is 0 Å². The molecule has 1 atom stereocenters. The molecule has 0 aliphatic carbocycles. The molecule has 4 nitrogen and oxygen atoms in total. The number of thiophene rings is 1. The Labute approximate surface area is 149 Å². The molecule has 1 aromatic heterocycles. The topological polar surface area (TPSA) is 63.4 Å². The van der Waals surface area contributed by atoms with E-state index in [2.05, 4.69) is 16.5 Å². The number of anilines is 1. The Hall–Kier alpha value is -2.53. The van der Waals surface area contributed by atoms with E-state index in [1.165, 1.54) is 11.3 Å². The van der Waals surface area contributed by atoms with Crippen LogP contribution in [0.5, 0.6) is 0 Å². The van der Waals surface area contributed by atoms with E-state index in [1.54, 1.807) is 6.92 Å². The Kier molecular flexibility index (Phi) is 4.71. The van der Waals surface area contributed by atoms with E-state index in [0.717, 1.165) is 5.56 Å². The summed E-state index contributed by atoms with van der Waals surface area (Å²) in [6, 6.07) is 11.2. The molecule has 1 aliphatic heterocycles. The minimum Gasteiger partial charge on any atom is -0.763 e. The average Bonchev–Trinajstić information content (AvgIpc) is 3.09. The van der Waals surface area contributed by atoms with Crippen LogP contribution in [0.25, 0.3) is 5.41 Å². The smallest absolute Gasteiger partial charge is 0.254 e. The van der Waals surface area contributed by atoms with E-state index in [0.29, 0.717) is 27.5 Å². The molecule has 0 bridgehead atoms. The van der Waals surface area contributed by atoms with Crippen molar-refractivity contribution in [3.63, 3.8) is 0 Å². The predicted molar refractivity (Wildman–Crippen MR) is 102 cm³/mol. The number of para-hydroxylation sites is 1. The highest BCUT2D eigenvalue weighted by Gasteiger charge is 2.33. The lowest BCUT2D eigenvalue weighted by molar-refractivity contribution is -0.113. The van der Waals surface area contributed by atoms with Crippen molar-refractivity contribution in [3.05, 3.63) is 75.0 Å². The van der Waals surface area contributed by atoms with Crippen molar-refractivity contribution in [3.8, 4) is 0 Å². The zero-order valence-electron chi connectivity index (χ0n) is 12.9. The van der Waals surface area contributed by atoms with Crippen LogP contribution in [-0.2, 0) is 4.79 Å². The molecular weight excluding hydrogens is 338 g/mol. The van der Waals surface area contributed by atoms with Crippen LogP contribution in [0.4, 0.5) is 5.69 Å². The van der Waals surface area contributed by atoms with E-state index in [1.807, 2.05) is 47.2 Å². The molecule has 2 heterocycles. The van der Waals surface area contributed by atoms with Crippen LogP contribution in [0.1, 0.15) is 18.4 Å². The van der Waals surface area contributed by atoms with Crippen LogP contribution in [0.15, 0.2) is 64.0 Å². The van der Waals surface area contributed by atoms with Gasteiger partial charge >= 0.3 is 0 Å². The average molecular weight is 352 g/mol. The highest BCUT2D eigenvalue weighted by Crippen LogP contribution is 2.37. The van der Waals surface area contributed by atoms with Crippen molar-refractivity contribution < 1.29 is 4.79 Å². The van der Waals surface area contributed by atoms with Gasteiger partial charge < -0.3 is 16.0 Å². The van der Waals surface area contributed by atoms with Crippen LogP contribution in [0, 0.1) is 0 Å². The second kappa shape index (κ2) is 6.93. The Morgan fingerprint density at radius 2 is 2.08 bits per heavy atom. The number of hydrogen-bond acceptors (Lipinski definition) is 3. The van der Waals surface area contributed by atoms with E-state index in [-0.39, 0.29) is 5.91 Å². The number of nitrogens with zero attached hydrogens (tertiary/aromatic N) is 1. The lowest BCUT2D eigenvalue weighted by atomic mass is 9.82. The van der Waals surface area contributed by atoms with E-state index in [4.69, 9.17) is 12.2 Å². The van der Waals surface area contributed by atoms with Gasteiger partial charge in [0, 0.05) is 22.5 Å². The fourth-order valence-electron chi connectivity index (χ4n) is 2.71. The number of carbonyl (C=O) groups excluding carboxylic acids is 1. The number of carbonyl (C=O) groups is 1. The maximum absolute atomic E-state index is 12.9. The molecule has 24 heavy (non-hydrogen) atoms. The van der Waals surface area contributed by atoms with Gasteiger partial charge in [-0.05, 0) is 41.4 Å². The summed E-state index contributed by atoms with van der Waals surface area (Å²) in [6.45, 7) is 1.81. The van der Waals surface area contributed by atoms with Gasteiger partial charge in [-0.3, -0.25) is 10.7 Å². The summed E-state index contributed by atoms with van der Waals surface area (Å²) in [7, 11) is 0. The molecule has 0 radical (unpaired) electrons. The normalized spacial score (nSPS) is 17.3. The Morgan fingerprint density at radius 1 is 1.33 bits per heavy atom. The van der Waals surface area contributed by atoms with Gasteiger partial charge in [-0.2, -0.15) is 11.3 Å². The minimum absolute atomic E-state index is 0.238. The zero-order valence-corrected chi connectivity index (χ0v) is 14.5. The molecule has 1 unspecified atom stereocenters. The van der Waals surface area contributed by atoms with Crippen LogP contribution in [-0.4, -0.2) is 16.8 Å². The Bertz CT molecular complexity index is 863. The highest BCUT2D eigenvalue weighted by atomic mass is 32.1. The van der Waals surface area contributed by atoms with Crippen molar-refractivity contribution >= 4 is 46.0 Å². The Balaban J connectivity index is 2.04. The molecule has 1 aromatic carbocycles. The van der Waals surface area contributed by atoms with E-state index in [9.17, 15) is 10.2 Å². The molecular formula is C18H14N3OS2-. The summed E-state index contributed by atoms with van der Waals surface area (Å²) in [5.74, 6) is 1.48. The number of allylic oxidation sites excluding steroid dienone is 1. The maximum atomic E-state index is 12.9. The number of hydrogen-bond donors (Lipinski definition) is 2. The van der Waals surface area contributed by atoms with Crippen LogP contribution < -0.4 is 10.6 Å². The summed E-state index contributed by atoms with van der Waals surface area (Å²) < 4.78 is 0. The molecule has 0 spiro atoms. The number of rotatable bonds is 3. The molecule has 1 amide bonds. The lowest BCUT2D eigenvalue weighted by Gasteiger charge is -2.30. The predicted octanol–water partition coefficient (Wildman–Crippen LogP) is 3.84. The number of nitrogens with one attached hydrogen (secondary N) is 2. The van der Waals surface area contributed by atoms with Crippen LogP contribution >= 0.6 is 23.6 Å². The molecule has 0 saturated carbocycles. The standard InChI is InChI=1S/C18H14N3OS2/c1-11-15(17(22)21-13-5-3-2-4-6-13)16(12-7-8-24-10-12)14(9-19)18(23)20-11/h2-8,10,16H,1H3,(H,20,23)(H,21,22)/q-1. The molecule has 1 aliphatic rings. The first-order valence-corrected chi connectivity index (χ1v) is 8.64. The van der Waals surface area contributed by atoms with Crippen LogP contribution in [0.2, 0.25) is 0 Å². The molecule has 120 valence electrons. The second-order valence-electron chi connectivity index (χ2n) is 5.33. The minimum atomic E-state index is -0.446. The molecule has 6 heteroatoms. The van der Waals surface area contributed by atoms with Crippen molar-refractivity contribution in [2.45, 2.75) is 12.8 Å². The van der Waals surface area contributed by atoms with Crippen LogP contribution in [0.3, 0.4) is 0 Å². The summed E-state index contributed by atoms with van der Waals surface area (Å²) in [6.07, 6.45) is 0. The summed E-state index contributed by atoms with van der Waals surface area (Å²) in [5, 5.41) is 19.3. The van der Waals surface area contributed by atoms with Gasteiger partial charge in [0.05, 0.1) is 5.92 Å². The van der Waals surface area contributed by atoms with Crippen molar-refractivity contribution in [1.82, 2.24) is 5.32 Å². The molecule has 3 rings (SSSR count). The van der Waals surface area contributed by atoms with Gasteiger partial charge in [0.25, 0.3) is 5.91 Å². The first-order chi connectivity index (χ1) is 11.6. The summed E-state index contributed by atoms with van der Waals surface area (Å²) in [5.41, 5.74) is 3.19. The summed E-state index contributed by atoms with van der Waals surface area (Å²) >= 11 is 6.82. The maximum Gasteiger partial charge on any atom is 0.254 e. The summed E-state index contributed by atoms with van der Waals surface area (Å²) in [4.78, 5) is 13.3. The van der Waals surface area contributed by atoms with Crippen molar-refractivity contribution in [2.24, 2.45) is 0 Å². The largest absolute Gasteiger partial charge is 0.763 e. The monoisotopic (exact) mass is 352 g/mol. The second-order valence-corrected chi connectivity index (χ2v) is 6.52. The number of benzene rings is 1. The molecule has 2 N–H and O–H groups in total. The molecule has 2 aromatic rings. The third kappa shape index (κ3) is 3.08.